The van der Waals surface area contributed by atoms with E-state index < -0.39 is 0 Å². The lowest BCUT2D eigenvalue weighted by molar-refractivity contribution is -0.674. The summed E-state index contributed by atoms with van der Waals surface area (Å²) in [6.45, 7) is 11.6. The van der Waals surface area contributed by atoms with Crippen molar-refractivity contribution in [2.24, 2.45) is 0 Å². The maximum atomic E-state index is 12.3. The first-order valence-corrected chi connectivity index (χ1v) is 10.6. The third kappa shape index (κ3) is 3.63. The van der Waals surface area contributed by atoms with Crippen molar-refractivity contribution < 1.29 is 18.5 Å². The van der Waals surface area contributed by atoms with E-state index >= 15 is 0 Å². The summed E-state index contributed by atoms with van der Waals surface area (Å²) in [4.78, 5) is 24.6. The zero-order valence-electron chi connectivity index (χ0n) is 18.6. The number of aryl methyl sites for hydroxylation is 3. The number of fused-ring (bicyclic) bond motifs is 2. The van der Waals surface area contributed by atoms with Gasteiger partial charge in [-0.05, 0) is 63.1 Å². The Balaban J connectivity index is 1.93. The predicted molar refractivity (Wildman–Crippen MR) is 120 cm³/mol. The molecule has 2 aromatic carbocycles. The molecule has 0 amide bonds. The van der Waals surface area contributed by atoms with E-state index in [1.165, 1.54) is 0 Å². The number of aromatic nitrogens is 2. The van der Waals surface area contributed by atoms with E-state index in [0.717, 1.165) is 45.5 Å². The van der Waals surface area contributed by atoms with Gasteiger partial charge in [0.25, 0.3) is 5.82 Å². The molecule has 0 fully saturated rings. The van der Waals surface area contributed by atoms with Crippen molar-refractivity contribution in [3.8, 4) is 0 Å². The Kier molecular flexibility index (Phi) is 5.39. The molecule has 2 heterocycles. The molecule has 0 aliphatic rings. The minimum Gasteiger partial charge on any atom is -0.462 e. The number of benzene rings is 2. The van der Waals surface area contributed by atoms with Gasteiger partial charge in [-0.15, -0.1) is 0 Å². The van der Waals surface area contributed by atoms with Crippen LogP contribution < -0.4 is 10.2 Å². The summed E-state index contributed by atoms with van der Waals surface area (Å²) in [5, 5.41) is 0.925. The minimum absolute atomic E-state index is 0.330. The molecular formula is C25H27N2O4+. The molecule has 2 aromatic heterocycles. The number of ether oxygens (including phenoxy) is 1. The van der Waals surface area contributed by atoms with Crippen LogP contribution in [0.15, 0.2) is 45.6 Å². The summed E-state index contributed by atoms with van der Waals surface area (Å²) in [6.07, 6.45) is 0. The van der Waals surface area contributed by atoms with Crippen LogP contribution in [0.3, 0.4) is 0 Å². The molecule has 6 nitrogen and oxygen atoms in total. The molecular weight excluding hydrogens is 392 g/mol. The van der Waals surface area contributed by atoms with Gasteiger partial charge in [0.15, 0.2) is 11.0 Å². The highest BCUT2D eigenvalue weighted by Crippen LogP contribution is 2.25. The fourth-order valence-corrected chi connectivity index (χ4v) is 4.19. The highest BCUT2D eigenvalue weighted by molar-refractivity contribution is 5.93. The number of hydrogen-bond donors (Lipinski definition) is 0. The monoisotopic (exact) mass is 419 g/mol. The largest absolute Gasteiger partial charge is 0.462 e. The van der Waals surface area contributed by atoms with E-state index in [1.807, 2.05) is 25.1 Å². The summed E-state index contributed by atoms with van der Waals surface area (Å²) in [5.74, 6) is 0.707. The van der Waals surface area contributed by atoms with Crippen LogP contribution in [0.4, 0.5) is 0 Å². The summed E-state index contributed by atoms with van der Waals surface area (Å²) >= 11 is 0. The van der Waals surface area contributed by atoms with Gasteiger partial charge < -0.3 is 9.15 Å². The van der Waals surface area contributed by atoms with Crippen molar-refractivity contribution in [1.82, 2.24) is 4.57 Å². The van der Waals surface area contributed by atoms with Gasteiger partial charge in [-0.3, -0.25) is 0 Å². The van der Waals surface area contributed by atoms with Crippen LogP contribution in [0.5, 0.6) is 0 Å². The molecule has 4 aromatic rings. The molecule has 0 saturated heterocycles. The van der Waals surface area contributed by atoms with Gasteiger partial charge >= 0.3 is 11.6 Å². The van der Waals surface area contributed by atoms with E-state index in [2.05, 4.69) is 36.0 Å². The molecule has 0 bridgehead atoms. The maximum absolute atomic E-state index is 12.3. The van der Waals surface area contributed by atoms with Crippen LogP contribution in [0.1, 0.15) is 46.7 Å². The number of esters is 1. The summed E-state index contributed by atoms with van der Waals surface area (Å²) < 4.78 is 15.0. The predicted octanol–water partition coefficient (Wildman–Crippen LogP) is 4.21. The Morgan fingerprint density at radius 3 is 2.52 bits per heavy atom. The van der Waals surface area contributed by atoms with Crippen LogP contribution >= 0.6 is 0 Å². The van der Waals surface area contributed by atoms with E-state index in [-0.39, 0.29) is 11.6 Å². The van der Waals surface area contributed by atoms with Crippen molar-refractivity contribution >= 4 is 28.0 Å². The second-order valence-corrected chi connectivity index (χ2v) is 7.82. The molecule has 160 valence electrons. The van der Waals surface area contributed by atoms with Gasteiger partial charge in [-0.1, -0.05) is 0 Å². The SMILES string of the molecule is CCOC(=O)c1ccc2c(c1)n(Cc1cc(=O)oc3cc(C)c(C)cc13)c(C)[n+]2CC. The van der Waals surface area contributed by atoms with E-state index in [0.29, 0.717) is 24.3 Å². The lowest BCUT2D eigenvalue weighted by Gasteiger charge is -2.08. The van der Waals surface area contributed by atoms with Gasteiger partial charge in [0, 0.05) is 30.0 Å². The summed E-state index contributed by atoms with van der Waals surface area (Å²) in [5.41, 5.74) is 5.82. The molecule has 0 N–H and O–H groups in total. The standard InChI is InChI=1S/C25H27N2O4/c1-6-26-17(5)27(22-12-18(8-9-21(22)26)25(29)30-7-2)14-19-13-24(28)31-23-11-16(4)15(3)10-20(19)23/h8-13H,6-7,14H2,1-5H3/q+1. The Hall–Kier alpha value is -3.41. The van der Waals surface area contributed by atoms with Crippen molar-refractivity contribution in [2.75, 3.05) is 6.61 Å². The normalized spacial score (nSPS) is 11.4. The number of hydrogen-bond acceptors (Lipinski definition) is 4. The van der Waals surface area contributed by atoms with Gasteiger partial charge in [0.05, 0.1) is 18.7 Å². The van der Waals surface area contributed by atoms with Crippen LogP contribution in [-0.2, 0) is 17.8 Å². The molecule has 0 unspecified atom stereocenters. The maximum Gasteiger partial charge on any atom is 0.338 e. The van der Waals surface area contributed by atoms with E-state index in [9.17, 15) is 9.59 Å². The molecule has 4 rings (SSSR count). The molecule has 6 heteroatoms. The van der Waals surface area contributed by atoms with E-state index in [1.54, 1.807) is 19.1 Å². The van der Waals surface area contributed by atoms with Crippen molar-refractivity contribution in [3.05, 3.63) is 74.9 Å². The zero-order valence-corrected chi connectivity index (χ0v) is 18.6. The second-order valence-electron chi connectivity index (χ2n) is 7.82. The highest BCUT2D eigenvalue weighted by atomic mass is 16.5. The lowest BCUT2D eigenvalue weighted by atomic mass is 10.0. The molecule has 0 aliphatic carbocycles. The topological polar surface area (TPSA) is 65.3 Å². The van der Waals surface area contributed by atoms with Crippen LogP contribution in [0.25, 0.3) is 22.0 Å². The average Bonchev–Trinajstić information content (AvgIpc) is 2.99. The first-order valence-electron chi connectivity index (χ1n) is 10.6. The average molecular weight is 420 g/mol. The second kappa shape index (κ2) is 8.02. The Morgan fingerprint density at radius 2 is 1.81 bits per heavy atom. The smallest absolute Gasteiger partial charge is 0.338 e. The fraction of sp³-hybridized carbons (Fsp3) is 0.320. The number of carbonyl (C=O) groups is 1. The fourth-order valence-electron chi connectivity index (χ4n) is 4.19. The molecule has 0 aliphatic heterocycles. The number of carbonyl (C=O) groups excluding carboxylic acids is 1. The number of imidazole rings is 1. The van der Waals surface area contributed by atoms with Gasteiger partial charge in [-0.2, -0.15) is 0 Å². The number of rotatable bonds is 5. The lowest BCUT2D eigenvalue weighted by Crippen LogP contribution is -2.35. The summed E-state index contributed by atoms with van der Waals surface area (Å²) in [6, 6.07) is 11.2. The molecule has 0 spiro atoms. The Bertz CT molecular complexity index is 1380. The van der Waals surface area contributed by atoms with Gasteiger partial charge in [0.2, 0.25) is 0 Å². The van der Waals surface area contributed by atoms with Gasteiger partial charge in [0.1, 0.15) is 12.1 Å². The third-order valence-corrected chi connectivity index (χ3v) is 5.94. The molecule has 31 heavy (non-hydrogen) atoms. The Morgan fingerprint density at radius 1 is 1.06 bits per heavy atom. The molecule has 0 saturated carbocycles. The Labute approximate surface area is 180 Å². The third-order valence-electron chi connectivity index (χ3n) is 5.94. The minimum atomic E-state index is -0.365. The highest BCUT2D eigenvalue weighted by Gasteiger charge is 2.23. The zero-order chi connectivity index (χ0) is 22.3. The molecule has 0 atom stereocenters. The quantitative estimate of drug-likeness (QED) is 0.276. The van der Waals surface area contributed by atoms with Crippen molar-refractivity contribution in [2.45, 2.75) is 47.7 Å². The van der Waals surface area contributed by atoms with Crippen LogP contribution in [0, 0.1) is 20.8 Å². The van der Waals surface area contributed by atoms with Gasteiger partial charge in [-0.25, -0.2) is 18.7 Å². The first-order chi connectivity index (χ1) is 14.8. The number of nitrogens with zero attached hydrogens (tertiary/aromatic N) is 2. The van der Waals surface area contributed by atoms with Crippen LogP contribution in [0.2, 0.25) is 0 Å². The summed E-state index contributed by atoms with van der Waals surface area (Å²) in [7, 11) is 0. The van der Waals surface area contributed by atoms with E-state index in [4.69, 9.17) is 9.15 Å². The van der Waals surface area contributed by atoms with Crippen molar-refractivity contribution in [3.63, 3.8) is 0 Å². The van der Waals surface area contributed by atoms with Crippen molar-refractivity contribution in [1.29, 1.82) is 0 Å². The first kappa shape index (κ1) is 20.8. The van der Waals surface area contributed by atoms with Crippen LogP contribution in [-0.4, -0.2) is 17.1 Å². The molecule has 0 radical (unpaired) electrons.